The quantitative estimate of drug-likeness (QED) is 0.812. The van der Waals surface area contributed by atoms with Gasteiger partial charge in [-0.1, -0.05) is 12.1 Å². The van der Waals surface area contributed by atoms with Crippen molar-refractivity contribution in [3.63, 3.8) is 0 Å². The molecule has 0 bridgehead atoms. The minimum absolute atomic E-state index is 0.167. The van der Waals surface area contributed by atoms with Crippen molar-refractivity contribution < 1.29 is 13.2 Å². The highest BCUT2D eigenvalue weighted by molar-refractivity contribution is 7.98. The van der Waals surface area contributed by atoms with Crippen LogP contribution in [0.15, 0.2) is 58.3 Å². The number of carbonyl (C=O) groups excluding carboxylic acids is 1. The predicted octanol–water partition coefficient (Wildman–Crippen LogP) is 3.45. The average molecular weight is 377 g/mol. The monoisotopic (exact) mass is 376 g/mol. The molecule has 7 heteroatoms. The molecule has 132 valence electrons. The zero-order chi connectivity index (χ0) is 17.9. The van der Waals surface area contributed by atoms with Gasteiger partial charge < -0.3 is 5.32 Å². The van der Waals surface area contributed by atoms with E-state index < -0.39 is 10.0 Å². The molecule has 1 saturated heterocycles. The highest BCUT2D eigenvalue weighted by Gasteiger charge is 2.27. The first-order valence-electron chi connectivity index (χ1n) is 8.06. The maximum absolute atomic E-state index is 12.6. The highest BCUT2D eigenvalue weighted by atomic mass is 32.2. The lowest BCUT2D eigenvalue weighted by atomic mass is 10.2. The van der Waals surface area contributed by atoms with Crippen LogP contribution in [0, 0.1) is 0 Å². The molecular weight excluding hydrogens is 356 g/mol. The molecule has 2 aromatic rings. The summed E-state index contributed by atoms with van der Waals surface area (Å²) >= 11 is 1.59. The zero-order valence-electron chi connectivity index (χ0n) is 13.9. The van der Waals surface area contributed by atoms with Gasteiger partial charge in [0.2, 0.25) is 10.0 Å². The van der Waals surface area contributed by atoms with Crippen molar-refractivity contribution >= 4 is 33.4 Å². The number of hydrogen-bond acceptors (Lipinski definition) is 4. The molecule has 0 spiro atoms. The first-order valence-corrected chi connectivity index (χ1v) is 10.7. The van der Waals surface area contributed by atoms with Crippen molar-refractivity contribution in [3.8, 4) is 0 Å². The van der Waals surface area contributed by atoms with E-state index in [-0.39, 0.29) is 10.8 Å². The van der Waals surface area contributed by atoms with Gasteiger partial charge in [0, 0.05) is 29.2 Å². The first-order chi connectivity index (χ1) is 12.0. The second kappa shape index (κ2) is 7.59. The molecule has 0 aromatic heterocycles. The molecule has 0 atom stereocenters. The molecule has 25 heavy (non-hydrogen) atoms. The Kier molecular flexibility index (Phi) is 5.46. The number of benzene rings is 2. The zero-order valence-corrected chi connectivity index (χ0v) is 15.6. The molecule has 0 radical (unpaired) electrons. The average Bonchev–Trinajstić information content (AvgIpc) is 3.17. The van der Waals surface area contributed by atoms with Crippen molar-refractivity contribution in [3.05, 3.63) is 54.1 Å². The number of rotatable bonds is 5. The van der Waals surface area contributed by atoms with Crippen LogP contribution in [-0.4, -0.2) is 38.0 Å². The van der Waals surface area contributed by atoms with E-state index >= 15 is 0 Å². The van der Waals surface area contributed by atoms with E-state index in [1.54, 1.807) is 30.0 Å². The van der Waals surface area contributed by atoms with Gasteiger partial charge in [-0.05, 0) is 55.5 Å². The fourth-order valence-corrected chi connectivity index (χ4v) is 4.80. The first kappa shape index (κ1) is 18.0. The number of thioether (sulfide) groups is 1. The number of anilines is 1. The fourth-order valence-electron chi connectivity index (χ4n) is 2.78. The molecule has 5 nitrogen and oxygen atoms in total. The lowest BCUT2D eigenvalue weighted by Gasteiger charge is -2.16. The largest absolute Gasteiger partial charge is 0.322 e. The van der Waals surface area contributed by atoms with Crippen LogP contribution in [0.2, 0.25) is 0 Å². The van der Waals surface area contributed by atoms with E-state index in [1.165, 1.54) is 10.4 Å². The molecule has 1 heterocycles. The third-order valence-electron chi connectivity index (χ3n) is 4.13. The van der Waals surface area contributed by atoms with Gasteiger partial charge in [-0.3, -0.25) is 4.79 Å². The number of nitrogens with one attached hydrogen (secondary N) is 1. The fraction of sp³-hybridized carbons (Fsp3) is 0.278. The van der Waals surface area contributed by atoms with Gasteiger partial charge in [-0.25, -0.2) is 8.42 Å². The second-order valence-corrected chi connectivity index (χ2v) is 8.64. The Morgan fingerprint density at radius 2 is 1.80 bits per heavy atom. The van der Waals surface area contributed by atoms with Crippen LogP contribution in [0.4, 0.5) is 5.69 Å². The van der Waals surface area contributed by atoms with Gasteiger partial charge in [0.15, 0.2) is 0 Å². The summed E-state index contributed by atoms with van der Waals surface area (Å²) in [6.45, 7) is 1.08. The topological polar surface area (TPSA) is 66.5 Å². The molecule has 3 rings (SSSR count). The summed E-state index contributed by atoms with van der Waals surface area (Å²) in [4.78, 5) is 13.7. The molecule has 1 aliphatic rings. The van der Waals surface area contributed by atoms with Gasteiger partial charge in [-0.2, -0.15) is 4.31 Å². The van der Waals surface area contributed by atoms with E-state index in [0.717, 1.165) is 17.7 Å². The summed E-state index contributed by atoms with van der Waals surface area (Å²) in [6.07, 6.45) is 3.73. The molecule has 1 aliphatic heterocycles. The van der Waals surface area contributed by atoms with Crippen LogP contribution in [0.5, 0.6) is 0 Å². The van der Waals surface area contributed by atoms with Gasteiger partial charge >= 0.3 is 0 Å². The normalized spacial score (nSPS) is 15.2. The Labute approximate surface area is 152 Å². The number of sulfonamides is 1. The summed E-state index contributed by atoms with van der Waals surface area (Å²) in [5.74, 6) is -0.322. The Hall–Kier alpha value is -1.83. The Morgan fingerprint density at radius 1 is 1.08 bits per heavy atom. The van der Waals surface area contributed by atoms with Crippen LogP contribution in [-0.2, 0) is 10.0 Å². The Morgan fingerprint density at radius 3 is 2.52 bits per heavy atom. The van der Waals surface area contributed by atoms with Crippen molar-refractivity contribution in [1.29, 1.82) is 0 Å². The van der Waals surface area contributed by atoms with Crippen LogP contribution in [0.1, 0.15) is 23.2 Å². The molecular formula is C18H20N2O3S2. The van der Waals surface area contributed by atoms with Crippen molar-refractivity contribution in [2.45, 2.75) is 22.6 Å². The van der Waals surface area contributed by atoms with Crippen molar-refractivity contribution in [2.75, 3.05) is 24.7 Å². The van der Waals surface area contributed by atoms with Gasteiger partial charge in [0.25, 0.3) is 5.91 Å². The Balaban J connectivity index is 1.82. The second-order valence-electron chi connectivity index (χ2n) is 5.83. The minimum Gasteiger partial charge on any atom is -0.322 e. The van der Waals surface area contributed by atoms with Gasteiger partial charge in [0.05, 0.1) is 4.90 Å². The van der Waals surface area contributed by atoms with Crippen LogP contribution in [0.3, 0.4) is 0 Å². The lowest BCUT2D eigenvalue weighted by molar-refractivity contribution is 0.102. The molecule has 0 unspecified atom stereocenters. The van der Waals surface area contributed by atoms with Gasteiger partial charge in [0.1, 0.15) is 0 Å². The van der Waals surface area contributed by atoms with E-state index in [0.29, 0.717) is 24.3 Å². The predicted molar refractivity (Wildman–Crippen MR) is 101 cm³/mol. The minimum atomic E-state index is -3.53. The maximum Gasteiger partial charge on any atom is 0.255 e. The molecule has 2 aromatic carbocycles. The number of hydrogen-bond donors (Lipinski definition) is 1. The SMILES string of the molecule is CSc1cccc(NC(=O)c2cccc(S(=O)(=O)N3CCCC3)c2)c1. The third kappa shape index (κ3) is 4.05. The standard InChI is InChI=1S/C18H20N2O3S2/c1-24-16-8-5-7-15(13-16)19-18(21)14-6-4-9-17(12-14)25(22,23)20-10-2-3-11-20/h4-9,12-13H,2-3,10-11H2,1H3,(H,19,21). The van der Waals surface area contributed by atoms with Crippen LogP contribution < -0.4 is 5.32 Å². The lowest BCUT2D eigenvalue weighted by Crippen LogP contribution is -2.28. The molecule has 1 fully saturated rings. The van der Waals surface area contributed by atoms with E-state index in [1.807, 2.05) is 30.5 Å². The number of amides is 1. The number of nitrogens with zero attached hydrogens (tertiary/aromatic N) is 1. The number of carbonyl (C=O) groups is 1. The summed E-state index contributed by atoms with van der Waals surface area (Å²) < 4.78 is 26.8. The summed E-state index contributed by atoms with van der Waals surface area (Å²) in [5, 5.41) is 2.82. The van der Waals surface area contributed by atoms with Crippen LogP contribution in [0.25, 0.3) is 0 Å². The van der Waals surface area contributed by atoms with E-state index in [4.69, 9.17) is 0 Å². The molecule has 1 N–H and O–H groups in total. The molecule has 1 amide bonds. The highest BCUT2D eigenvalue weighted by Crippen LogP contribution is 2.23. The van der Waals surface area contributed by atoms with E-state index in [9.17, 15) is 13.2 Å². The maximum atomic E-state index is 12.6. The molecule has 0 aliphatic carbocycles. The summed E-state index contributed by atoms with van der Waals surface area (Å²) in [7, 11) is -3.53. The summed E-state index contributed by atoms with van der Waals surface area (Å²) in [6, 6.07) is 13.7. The smallest absolute Gasteiger partial charge is 0.255 e. The third-order valence-corrected chi connectivity index (χ3v) is 6.75. The van der Waals surface area contributed by atoms with Crippen molar-refractivity contribution in [1.82, 2.24) is 4.31 Å². The summed E-state index contributed by atoms with van der Waals surface area (Å²) in [5.41, 5.74) is 1.01. The Bertz CT molecular complexity index is 875. The van der Waals surface area contributed by atoms with Gasteiger partial charge in [-0.15, -0.1) is 11.8 Å². The van der Waals surface area contributed by atoms with Crippen LogP contribution >= 0.6 is 11.8 Å². The van der Waals surface area contributed by atoms with E-state index in [2.05, 4.69) is 5.32 Å². The molecule has 0 saturated carbocycles. The van der Waals surface area contributed by atoms with Crippen molar-refractivity contribution in [2.24, 2.45) is 0 Å².